The van der Waals surface area contributed by atoms with Gasteiger partial charge < -0.3 is 9.90 Å². The molecule has 0 atom stereocenters. The van der Waals surface area contributed by atoms with E-state index in [-0.39, 0.29) is 22.4 Å². The quantitative estimate of drug-likeness (QED) is 0.645. The predicted molar refractivity (Wildman–Crippen MR) is 41.9 cm³/mol. The first-order valence-electron chi connectivity index (χ1n) is 3.32. The summed E-state index contributed by atoms with van der Waals surface area (Å²) in [6.45, 7) is 3.06. The van der Waals surface area contributed by atoms with Crippen molar-refractivity contribution in [3.05, 3.63) is 35.9 Å². The van der Waals surface area contributed by atoms with Gasteiger partial charge in [0, 0.05) is 5.97 Å². The summed E-state index contributed by atoms with van der Waals surface area (Å²) in [5.74, 6) is -1.08. The van der Waals surface area contributed by atoms with Gasteiger partial charge in [0.2, 0.25) is 0 Å². The molecule has 0 aliphatic carbocycles. The van der Waals surface area contributed by atoms with Gasteiger partial charge in [-0.1, -0.05) is 35.9 Å². The number of rotatable bonds is 0. The molecule has 3 heteroatoms. The smallest absolute Gasteiger partial charge is 0.550 e. The molecule has 0 aromatic heterocycles. The van der Waals surface area contributed by atoms with Crippen LogP contribution in [0.15, 0.2) is 30.3 Å². The summed E-state index contributed by atoms with van der Waals surface area (Å²) in [5, 5.41) is 8.89. The van der Waals surface area contributed by atoms with E-state index in [2.05, 4.69) is 19.1 Å². The van der Waals surface area contributed by atoms with Gasteiger partial charge in [-0.05, 0) is 13.8 Å². The summed E-state index contributed by atoms with van der Waals surface area (Å²) < 4.78 is 0. The molecule has 70 valence electrons. The third-order valence-corrected chi connectivity index (χ3v) is 0.940. The van der Waals surface area contributed by atoms with Crippen LogP contribution in [0, 0.1) is 6.92 Å². The molecule has 1 rings (SSSR count). The average molecular weight is 259 g/mol. The van der Waals surface area contributed by atoms with Crippen LogP contribution >= 0.6 is 0 Å². The van der Waals surface area contributed by atoms with Crippen molar-refractivity contribution in [2.45, 2.75) is 13.8 Å². The van der Waals surface area contributed by atoms with E-state index in [1.807, 2.05) is 18.2 Å². The van der Waals surface area contributed by atoms with Gasteiger partial charge >= 0.3 is 22.4 Å². The Bertz CT molecular complexity index is 205. The second-order valence-corrected chi connectivity index (χ2v) is 2.15. The van der Waals surface area contributed by atoms with Crippen LogP contribution in [-0.2, 0) is 27.2 Å². The van der Waals surface area contributed by atoms with E-state index in [0.717, 1.165) is 6.92 Å². The Morgan fingerprint density at radius 3 is 1.75 bits per heavy atom. The molecular weight excluding hydrogens is 248 g/mol. The number of aryl methyl sites for hydroxylation is 1. The number of benzene rings is 1. The first-order valence-corrected chi connectivity index (χ1v) is 3.32. The summed E-state index contributed by atoms with van der Waals surface area (Å²) in [7, 11) is 0. The van der Waals surface area contributed by atoms with Crippen LogP contribution in [0.3, 0.4) is 0 Å². The first kappa shape index (κ1) is 14.0. The molecule has 0 unspecified atom stereocenters. The fourth-order valence-electron chi connectivity index (χ4n) is 0.534. The van der Waals surface area contributed by atoms with E-state index in [0.29, 0.717) is 0 Å². The standard InChI is InChI=1S/C7H8.C2H4O2.Ag/c1-7-5-3-2-4-6-7;1-2(3)4;/h2-6H,1H3;1H3,(H,3,4);/q;;+1/p-1. The molecular formula is C9H11AgO2. The van der Waals surface area contributed by atoms with Crippen LogP contribution in [0.4, 0.5) is 0 Å². The van der Waals surface area contributed by atoms with Crippen molar-refractivity contribution >= 4 is 5.97 Å². The number of aliphatic carboxylic acids is 1. The average Bonchev–Trinajstić information content (AvgIpc) is 1.87. The Labute approximate surface area is 88.1 Å². The van der Waals surface area contributed by atoms with E-state index in [1.54, 1.807) is 0 Å². The van der Waals surface area contributed by atoms with Gasteiger partial charge in [-0.3, -0.25) is 0 Å². The van der Waals surface area contributed by atoms with Crippen molar-refractivity contribution in [3.63, 3.8) is 0 Å². The van der Waals surface area contributed by atoms with E-state index in [9.17, 15) is 0 Å². The van der Waals surface area contributed by atoms with Crippen molar-refractivity contribution in [2.24, 2.45) is 0 Å². The predicted octanol–water partition coefficient (Wildman–Crippen LogP) is 0.749. The number of carboxylic acid groups (broad SMARTS) is 1. The maximum absolute atomic E-state index is 8.89. The van der Waals surface area contributed by atoms with E-state index in [1.165, 1.54) is 5.56 Å². The molecule has 0 aliphatic rings. The summed E-state index contributed by atoms with van der Waals surface area (Å²) >= 11 is 0. The van der Waals surface area contributed by atoms with Gasteiger partial charge in [-0.2, -0.15) is 0 Å². The molecule has 0 bridgehead atoms. The topological polar surface area (TPSA) is 40.1 Å². The van der Waals surface area contributed by atoms with Gasteiger partial charge in [-0.15, -0.1) is 0 Å². The minimum atomic E-state index is -1.08. The molecule has 0 aliphatic heterocycles. The fourth-order valence-corrected chi connectivity index (χ4v) is 0.534. The maximum atomic E-state index is 8.89. The SMILES string of the molecule is CC(=O)[O-].Cc1ccccc1.[Ag+]. The summed E-state index contributed by atoms with van der Waals surface area (Å²) in [4.78, 5) is 8.89. The van der Waals surface area contributed by atoms with Crippen molar-refractivity contribution in [1.82, 2.24) is 0 Å². The van der Waals surface area contributed by atoms with Gasteiger partial charge in [0.05, 0.1) is 0 Å². The molecule has 1 aromatic rings. The molecule has 0 heterocycles. The third-order valence-electron chi connectivity index (χ3n) is 0.940. The second kappa shape index (κ2) is 8.53. The zero-order valence-corrected chi connectivity index (χ0v) is 8.49. The van der Waals surface area contributed by atoms with Crippen molar-refractivity contribution in [3.8, 4) is 0 Å². The number of hydrogen-bond acceptors (Lipinski definition) is 2. The summed E-state index contributed by atoms with van der Waals surface area (Å²) in [5.41, 5.74) is 1.32. The molecule has 0 N–H and O–H groups in total. The van der Waals surface area contributed by atoms with E-state index < -0.39 is 5.97 Å². The largest absolute Gasteiger partial charge is 1.00 e. The zero-order valence-electron chi connectivity index (χ0n) is 7.00. The number of hydrogen-bond donors (Lipinski definition) is 0. The molecule has 0 saturated heterocycles. The Morgan fingerprint density at radius 2 is 1.58 bits per heavy atom. The van der Waals surface area contributed by atoms with Crippen molar-refractivity contribution in [2.75, 3.05) is 0 Å². The van der Waals surface area contributed by atoms with Crippen molar-refractivity contribution in [1.29, 1.82) is 0 Å². The summed E-state index contributed by atoms with van der Waals surface area (Å²) in [6, 6.07) is 10.3. The van der Waals surface area contributed by atoms with Gasteiger partial charge in [-0.25, -0.2) is 0 Å². The number of carboxylic acids is 1. The zero-order chi connectivity index (χ0) is 8.69. The van der Waals surface area contributed by atoms with Crippen LogP contribution < -0.4 is 5.11 Å². The monoisotopic (exact) mass is 258 g/mol. The van der Waals surface area contributed by atoms with E-state index in [4.69, 9.17) is 9.90 Å². The van der Waals surface area contributed by atoms with Gasteiger partial charge in [0.15, 0.2) is 0 Å². The minimum absolute atomic E-state index is 0. The Morgan fingerprint density at radius 1 is 1.25 bits per heavy atom. The molecule has 0 radical (unpaired) electrons. The minimum Gasteiger partial charge on any atom is -0.550 e. The van der Waals surface area contributed by atoms with Gasteiger partial charge in [0.25, 0.3) is 0 Å². The number of carbonyl (C=O) groups excluding carboxylic acids is 1. The number of carbonyl (C=O) groups is 1. The Balaban J connectivity index is 0. The fraction of sp³-hybridized carbons (Fsp3) is 0.222. The van der Waals surface area contributed by atoms with Crippen LogP contribution in [0.25, 0.3) is 0 Å². The third kappa shape index (κ3) is 12.1. The molecule has 2 nitrogen and oxygen atoms in total. The van der Waals surface area contributed by atoms with Crippen LogP contribution in [0.2, 0.25) is 0 Å². The second-order valence-electron chi connectivity index (χ2n) is 2.15. The normalized spacial score (nSPS) is 7.17. The molecule has 0 spiro atoms. The van der Waals surface area contributed by atoms with E-state index >= 15 is 0 Å². The van der Waals surface area contributed by atoms with Gasteiger partial charge in [0.1, 0.15) is 0 Å². The molecule has 1 aromatic carbocycles. The Kier molecular flexibility index (Phi) is 9.94. The molecule has 0 fully saturated rings. The summed E-state index contributed by atoms with van der Waals surface area (Å²) in [6.07, 6.45) is 0. The first-order chi connectivity index (χ1) is 5.13. The van der Waals surface area contributed by atoms with Crippen molar-refractivity contribution < 1.29 is 32.3 Å². The Hall–Kier alpha value is -0.570. The molecule has 0 saturated carbocycles. The molecule has 12 heavy (non-hydrogen) atoms. The van der Waals surface area contributed by atoms with Crippen LogP contribution in [0.5, 0.6) is 0 Å². The van der Waals surface area contributed by atoms with Crippen LogP contribution in [0.1, 0.15) is 12.5 Å². The molecule has 0 amide bonds. The van der Waals surface area contributed by atoms with Crippen LogP contribution in [-0.4, -0.2) is 5.97 Å². The maximum Gasteiger partial charge on any atom is 1.00 e.